The average molecular weight is 145 g/mol. The molecular formula is C7H8NNaO. The Labute approximate surface area is 81.7 Å². The van der Waals surface area contributed by atoms with Crippen LogP contribution in [0.1, 0.15) is 10.4 Å². The number of hydrogen-bond acceptors (Lipinski definition) is 2. The van der Waals surface area contributed by atoms with Crippen LogP contribution in [0.3, 0.4) is 0 Å². The van der Waals surface area contributed by atoms with Crippen molar-refractivity contribution in [2.24, 2.45) is 0 Å². The van der Waals surface area contributed by atoms with Crippen molar-refractivity contribution in [2.45, 2.75) is 0 Å². The average Bonchev–Trinajstić information content (AvgIpc) is 1.90. The Morgan fingerprint density at radius 2 is 1.70 bits per heavy atom. The summed E-state index contributed by atoms with van der Waals surface area (Å²) >= 11 is 0. The molecule has 0 unspecified atom stereocenters. The van der Waals surface area contributed by atoms with Crippen LogP contribution in [0.25, 0.3) is 0 Å². The third-order valence-corrected chi connectivity index (χ3v) is 1.07. The van der Waals surface area contributed by atoms with E-state index in [0.717, 1.165) is 6.29 Å². The summed E-state index contributed by atoms with van der Waals surface area (Å²) in [4.78, 5) is 10.1. The van der Waals surface area contributed by atoms with Gasteiger partial charge in [-0.15, -0.1) is 0 Å². The normalized spacial score (nSPS) is 8.00. The van der Waals surface area contributed by atoms with Gasteiger partial charge in [-0.2, -0.15) is 0 Å². The van der Waals surface area contributed by atoms with Crippen LogP contribution in [0.5, 0.6) is 0 Å². The van der Waals surface area contributed by atoms with E-state index >= 15 is 0 Å². The van der Waals surface area contributed by atoms with Crippen molar-refractivity contribution < 1.29 is 4.79 Å². The first-order chi connectivity index (χ1) is 4.33. The number of nitrogens with two attached hydrogens (primary N) is 1. The number of carbonyl (C=O) groups is 1. The van der Waals surface area contributed by atoms with Crippen LogP contribution in [0.15, 0.2) is 24.3 Å². The summed E-state index contributed by atoms with van der Waals surface area (Å²) in [7, 11) is 0. The molecule has 0 amide bonds. The molecule has 0 aliphatic heterocycles. The fourth-order valence-corrected chi connectivity index (χ4v) is 0.575. The van der Waals surface area contributed by atoms with E-state index in [2.05, 4.69) is 0 Å². The van der Waals surface area contributed by atoms with Crippen LogP contribution >= 0.6 is 0 Å². The van der Waals surface area contributed by atoms with Gasteiger partial charge < -0.3 is 5.73 Å². The van der Waals surface area contributed by atoms with Gasteiger partial charge in [-0.25, -0.2) is 0 Å². The molecule has 3 heteroatoms. The first-order valence-electron chi connectivity index (χ1n) is 2.63. The van der Waals surface area contributed by atoms with Crippen molar-refractivity contribution in [3.05, 3.63) is 29.8 Å². The van der Waals surface area contributed by atoms with Gasteiger partial charge in [0.05, 0.1) is 0 Å². The molecule has 1 rings (SSSR count). The monoisotopic (exact) mass is 145 g/mol. The third kappa shape index (κ3) is 2.52. The zero-order valence-electron chi connectivity index (χ0n) is 4.87. The van der Waals surface area contributed by atoms with Gasteiger partial charge in [0.1, 0.15) is 6.29 Å². The quantitative estimate of drug-likeness (QED) is 0.354. The zero-order valence-corrected chi connectivity index (χ0v) is 4.87. The van der Waals surface area contributed by atoms with Gasteiger partial charge in [-0.3, -0.25) is 4.79 Å². The summed E-state index contributed by atoms with van der Waals surface area (Å²) in [6, 6.07) is 6.76. The molecule has 2 nitrogen and oxygen atoms in total. The van der Waals surface area contributed by atoms with Gasteiger partial charge in [-0.05, 0) is 24.3 Å². The molecule has 0 bridgehead atoms. The van der Waals surface area contributed by atoms with Crippen molar-refractivity contribution >= 4 is 41.5 Å². The molecule has 0 atom stereocenters. The molecule has 0 saturated carbocycles. The Bertz CT molecular complexity index is 207. The summed E-state index contributed by atoms with van der Waals surface area (Å²) in [6.07, 6.45) is 0.791. The van der Waals surface area contributed by atoms with E-state index in [1.165, 1.54) is 0 Å². The molecule has 0 heterocycles. The van der Waals surface area contributed by atoms with Crippen molar-refractivity contribution in [2.75, 3.05) is 5.73 Å². The molecule has 2 N–H and O–H groups in total. The minimum atomic E-state index is 0. The van der Waals surface area contributed by atoms with E-state index in [1.807, 2.05) is 0 Å². The SMILES string of the molecule is Nc1ccc(C=O)cc1.[NaH]. The Hall–Kier alpha value is -0.310. The first-order valence-corrected chi connectivity index (χ1v) is 2.63. The Kier molecular flexibility index (Phi) is 4.36. The number of hydrogen-bond donors (Lipinski definition) is 1. The van der Waals surface area contributed by atoms with Gasteiger partial charge in [0.15, 0.2) is 0 Å². The van der Waals surface area contributed by atoms with Crippen molar-refractivity contribution in [1.82, 2.24) is 0 Å². The molecule has 0 radical (unpaired) electrons. The second kappa shape index (κ2) is 4.50. The van der Waals surface area contributed by atoms with Crippen LogP contribution in [-0.2, 0) is 0 Å². The standard InChI is InChI=1S/C7H7NO.Na.H/c8-7-3-1-6(5-9)2-4-7;;/h1-5H,8H2;;. The second-order valence-electron chi connectivity index (χ2n) is 1.78. The Morgan fingerprint density at radius 3 is 2.10 bits per heavy atom. The predicted molar refractivity (Wildman–Crippen MR) is 43.4 cm³/mol. The van der Waals surface area contributed by atoms with Crippen LogP contribution in [0.4, 0.5) is 5.69 Å². The van der Waals surface area contributed by atoms with E-state index < -0.39 is 0 Å². The predicted octanol–water partition coefficient (Wildman–Crippen LogP) is 0.433. The van der Waals surface area contributed by atoms with Gasteiger partial charge in [0.25, 0.3) is 0 Å². The summed E-state index contributed by atoms with van der Waals surface area (Å²) < 4.78 is 0. The number of anilines is 1. The molecule has 10 heavy (non-hydrogen) atoms. The minimum absolute atomic E-state index is 0. The van der Waals surface area contributed by atoms with E-state index in [9.17, 15) is 4.79 Å². The molecule has 1 aromatic rings. The summed E-state index contributed by atoms with van der Waals surface area (Å²) in [6.45, 7) is 0. The zero-order chi connectivity index (χ0) is 6.69. The fraction of sp³-hybridized carbons (Fsp3) is 0. The first kappa shape index (κ1) is 9.69. The summed E-state index contributed by atoms with van der Waals surface area (Å²) in [5.41, 5.74) is 6.70. The third-order valence-electron chi connectivity index (χ3n) is 1.07. The van der Waals surface area contributed by atoms with Crippen LogP contribution in [-0.4, -0.2) is 35.8 Å². The Morgan fingerprint density at radius 1 is 1.20 bits per heavy atom. The number of benzene rings is 1. The number of nitrogen functional groups attached to an aromatic ring is 1. The van der Waals surface area contributed by atoms with Crippen molar-refractivity contribution in [3.63, 3.8) is 0 Å². The summed E-state index contributed by atoms with van der Waals surface area (Å²) in [5.74, 6) is 0. The maximum absolute atomic E-state index is 10.1. The molecule has 0 saturated heterocycles. The van der Waals surface area contributed by atoms with Crippen LogP contribution < -0.4 is 5.73 Å². The molecule has 1 aromatic carbocycles. The molecular weight excluding hydrogens is 137 g/mol. The summed E-state index contributed by atoms with van der Waals surface area (Å²) in [5, 5.41) is 0. The molecule has 0 aliphatic rings. The Balaban J connectivity index is 0.000000810. The maximum atomic E-state index is 10.1. The molecule has 0 aliphatic carbocycles. The number of carbonyl (C=O) groups excluding carboxylic acids is 1. The van der Waals surface area contributed by atoms with E-state index in [-0.39, 0.29) is 29.6 Å². The van der Waals surface area contributed by atoms with Crippen LogP contribution in [0.2, 0.25) is 0 Å². The molecule has 0 fully saturated rings. The van der Waals surface area contributed by atoms with E-state index in [0.29, 0.717) is 11.3 Å². The molecule has 0 spiro atoms. The molecule has 48 valence electrons. The second-order valence-corrected chi connectivity index (χ2v) is 1.78. The van der Waals surface area contributed by atoms with E-state index in [1.54, 1.807) is 24.3 Å². The van der Waals surface area contributed by atoms with Crippen molar-refractivity contribution in [3.8, 4) is 0 Å². The van der Waals surface area contributed by atoms with Gasteiger partial charge in [0.2, 0.25) is 0 Å². The van der Waals surface area contributed by atoms with E-state index in [4.69, 9.17) is 5.73 Å². The van der Waals surface area contributed by atoms with Gasteiger partial charge in [-0.1, -0.05) is 0 Å². The van der Waals surface area contributed by atoms with Crippen LogP contribution in [0, 0.1) is 0 Å². The fourth-order valence-electron chi connectivity index (χ4n) is 0.575. The van der Waals surface area contributed by atoms with Gasteiger partial charge >= 0.3 is 29.6 Å². The topological polar surface area (TPSA) is 43.1 Å². The van der Waals surface area contributed by atoms with Gasteiger partial charge in [0, 0.05) is 11.3 Å². The number of rotatable bonds is 1. The number of aldehydes is 1. The van der Waals surface area contributed by atoms with Crippen molar-refractivity contribution in [1.29, 1.82) is 0 Å². The molecule has 0 aromatic heterocycles.